The number of fused-ring (bicyclic) bond motifs is 1. The maximum atomic E-state index is 11.7. The minimum absolute atomic E-state index is 0.0397. The minimum atomic E-state index is -0.500. The fourth-order valence-electron chi connectivity index (χ4n) is 3.32. The summed E-state index contributed by atoms with van der Waals surface area (Å²) in [5.74, 6) is 0.184. The van der Waals surface area contributed by atoms with Gasteiger partial charge in [-0.2, -0.15) is 0 Å². The van der Waals surface area contributed by atoms with Crippen LogP contribution in [0.15, 0.2) is 48.8 Å². The molecule has 1 fully saturated rings. The van der Waals surface area contributed by atoms with E-state index in [0.29, 0.717) is 21.9 Å². The predicted molar refractivity (Wildman–Crippen MR) is 107 cm³/mol. The first-order valence-electron chi connectivity index (χ1n) is 8.90. The summed E-state index contributed by atoms with van der Waals surface area (Å²) in [4.78, 5) is 22.8. The molecule has 6 nitrogen and oxygen atoms in total. The predicted octanol–water partition coefficient (Wildman–Crippen LogP) is 3.24. The highest BCUT2D eigenvalue weighted by Crippen LogP contribution is 2.28. The number of carbonyl (C=O) groups excluding carboxylic acids is 1. The molecule has 3 N–H and O–H groups in total. The average molecular weight is 382 g/mol. The summed E-state index contributed by atoms with van der Waals surface area (Å²) in [7, 11) is 0. The molecule has 1 aliphatic rings. The van der Waals surface area contributed by atoms with E-state index < -0.39 is 5.91 Å². The topological polar surface area (TPSA) is 84.1 Å². The van der Waals surface area contributed by atoms with Crippen LogP contribution < -0.4 is 11.1 Å². The van der Waals surface area contributed by atoms with E-state index in [2.05, 4.69) is 20.2 Å². The molecule has 1 aromatic heterocycles. The van der Waals surface area contributed by atoms with Crippen molar-refractivity contribution in [1.82, 2.24) is 14.9 Å². The van der Waals surface area contributed by atoms with Crippen LogP contribution in [-0.2, 0) is 0 Å². The van der Waals surface area contributed by atoms with Gasteiger partial charge >= 0.3 is 0 Å². The summed E-state index contributed by atoms with van der Waals surface area (Å²) in [5.41, 5.74) is 7.57. The second-order valence-corrected chi connectivity index (χ2v) is 7.13. The Balaban J connectivity index is 1.71. The highest BCUT2D eigenvalue weighted by atomic mass is 35.5. The maximum absolute atomic E-state index is 11.7. The van der Waals surface area contributed by atoms with E-state index in [1.54, 1.807) is 12.1 Å². The lowest BCUT2D eigenvalue weighted by atomic mass is 10.0. The third-order valence-electron chi connectivity index (χ3n) is 4.90. The lowest BCUT2D eigenvalue weighted by molar-refractivity contribution is 0.100. The molecule has 1 aliphatic heterocycles. The van der Waals surface area contributed by atoms with E-state index in [0.717, 1.165) is 30.6 Å². The number of amides is 1. The Morgan fingerprint density at radius 2 is 1.96 bits per heavy atom. The van der Waals surface area contributed by atoms with E-state index in [-0.39, 0.29) is 6.04 Å². The van der Waals surface area contributed by atoms with Gasteiger partial charge in [-0.1, -0.05) is 29.8 Å². The Kier molecular flexibility index (Phi) is 4.92. The molecule has 0 aliphatic carbocycles. The van der Waals surface area contributed by atoms with Crippen LogP contribution in [0.25, 0.3) is 10.9 Å². The van der Waals surface area contributed by atoms with Crippen molar-refractivity contribution < 1.29 is 4.79 Å². The van der Waals surface area contributed by atoms with Crippen LogP contribution in [0.1, 0.15) is 28.4 Å². The molecule has 27 heavy (non-hydrogen) atoms. The monoisotopic (exact) mass is 381 g/mol. The smallest absolute Gasteiger partial charge is 0.250 e. The fraction of sp³-hybridized carbons (Fsp3) is 0.250. The van der Waals surface area contributed by atoms with Crippen LogP contribution in [0.3, 0.4) is 0 Å². The molecule has 0 radical (unpaired) electrons. The molecule has 0 spiro atoms. The van der Waals surface area contributed by atoms with Gasteiger partial charge in [0.1, 0.15) is 12.1 Å². The van der Waals surface area contributed by atoms with Gasteiger partial charge in [-0.25, -0.2) is 9.97 Å². The van der Waals surface area contributed by atoms with E-state index >= 15 is 0 Å². The van der Waals surface area contributed by atoms with Crippen molar-refractivity contribution in [2.75, 3.05) is 25.0 Å². The quantitative estimate of drug-likeness (QED) is 0.684. The maximum Gasteiger partial charge on any atom is 0.250 e. The summed E-state index contributed by atoms with van der Waals surface area (Å²) in [6, 6.07) is 13.2. The van der Waals surface area contributed by atoms with Gasteiger partial charge in [-0.05, 0) is 49.3 Å². The number of primary amides is 1. The normalized spacial score (nSPS) is 15.3. The van der Waals surface area contributed by atoms with Gasteiger partial charge in [-0.3, -0.25) is 4.79 Å². The SMILES string of the molecule is NC(=O)c1cccc2c(NC(CN3CCC3)c3ccc(Cl)cc3)ncnc12. The van der Waals surface area contributed by atoms with E-state index in [1.807, 2.05) is 30.3 Å². The Bertz CT molecular complexity index is 972. The summed E-state index contributed by atoms with van der Waals surface area (Å²) >= 11 is 6.05. The summed E-state index contributed by atoms with van der Waals surface area (Å²) in [6.07, 6.45) is 2.69. The second kappa shape index (κ2) is 7.50. The highest BCUT2D eigenvalue weighted by Gasteiger charge is 2.22. The van der Waals surface area contributed by atoms with E-state index in [1.165, 1.54) is 12.7 Å². The van der Waals surface area contributed by atoms with Crippen molar-refractivity contribution in [1.29, 1.82) is 0 Å². The molecule has 1 saturated heterocycles. The zero-order chi connectivity index (χ0) is 18.8. The molecular formula is C20H20ClN5O. The number of anilines is 1. The zero-order valence-corrected chi connectivity index (χ0v) is 15.5. The van der Waals surface area contributed by atoms with Crippen LogP contribution in [-0.4, -0.2) is 40.4 Å². The molecule has 7 heteroatoms. The third kappa shape index (κ3) is 3.72. The van der Waals surface area contributed by atoms with Crippen LogP contribution in [0.2, 0.25) is 5.02 Å². The van der Waals surface area contributed by atoms with Gasteiger partial charge in [-0.15, -0.1) is 0 Å². The number of carbonyl (C=O) groups is 1. The molecule has 0 bridgehead atoms. The van der Waals surface area contributed by atoms with Gasteiger partial charge in [0.2, 0.25) is 0 Å². The number of aromatic nitrogens is 2. The van der Waals surface area contributed by atoms with E-state index in [4.69, 9.17) is 17.3 Å². The standard InChI is InChI=1S/C20H20ClN5O/c21-14-7-5-13(6-8-14)17(11-26-9-2-10-26)25-20-16-4-1-3-15(19(22)27)18(16)23-12-24-20/h1,3-8,12,17H,2,9-11H2,(H2,22,27)(H,23,24,25). The number of benzene rings is 2. The van der Waals surface area contributed by atoms with Crippen molar-refractivity contribution in [2.45, 2.75) is 12.5 Å². The van der Waals surface area contributed by atoms with Crippen molar-refractivity contribution in [3.8, 4) is 0 Å². The molecule has 2 aromatic carbocycles. The molecule has 1 unspecified atom stereocenters. The number of nitrogens with zero attached hydrogens (tertiary/aromatic N) is 3. The van der Waals surface area contributed by atoms with Crippen LogP contribution in [0.4, 0.5) is 5.82 Å². The zero-order valence-electron chi connectivity index (χ0n) is 14.7. The van der Waals surface area contributed by atoms with E-state index in [9.17, 15) is 4.79 Å². The number of hydrogen-bond acceptors (Lipinski definition) is 5. The highest BCUT2D eigenvalue weighted by molar-refractivity contribution is 6.30. The first-order chi connectivity index (χ1) is 13.1. The van der Waals surface area contributed by atoms with Crippen LogP contribution >= 0.6 is 11.6 Å². The summed E-state index contributed by atoms with van der Waals surface area (Å²) < 4.78 is 0. The van der Waals surface area contributed by atoms with Crippen LogP contribution in [0.5, 0.6) is 0 Å². The summed E-state index contributed by atoms with van der Waals surface area (Å²) in [5, 5.41) is 5.02. The molecule has 1 amide bonds. The van der Waals surface area contributed by atoms with Crippen molar-refractivity contribution in [3.05, 3.63) is 64.9 Å². The first-order valence-corrected chi connectivity index (χ1v) is 9.27. The fourth-order valence-corrected chi connectivity index (χ4v) is 3.44. The van der Waals surface area contributed by atoms with Crippen molar-refractivity contribution in [2.24, 2.45) is 5.73 Å². The number of rotatable bonds is 6. The Hall–Kier alpha value is -2.70. The Morgan fingerprint density at radius 3 is 2.63 bits per heavy atom. The molecule has 0 saturated carbocycles. The second-order valence-electron chi connectivity index (χ2n) is 6.69. The van der Waals surface area contributed by atoms with Gasteiger partial charge in [0, 0.05) is 17.0 Å². The van der Waals surface area contributed by atoms with Crippen molar-refractivity contribution in [3.63, 3.8) is 0 Å². The molecule has 4 rings (SSSR count). The molecule has 2 heterocycles. The summed E-state index contributed by atoms with van der Waals surface area (Å²) in [6.45, 7) is 3.06. The first kappa shape index (κ1) is 17.7. The molecule has 3 aromatic rings. The molecule has 1 atom stereocenters. The lowest BCUT2D eigenvalue weighted by Gasteiger charge is -2.34. The van der Waals surface area contributed by atoms with Crippen molar-refractivity contribution >= 4 is 34.2 Å². The largest absolute Gasteiger partial charge is 0.366 e. The third-order valence-corrected chi connectivity index (χ3v) is 5.16. The van der Waals surface area contributed by atoms with Gasteiger partial charge < -0.3 is 16.0 Å². The number of likely N-dealkylation sites (tertiary alicyclic amines) is 1. The number of nitrogens with two attached hydrogens (primary N) is 1. The van der Waals surface area contributed by atoms with Gasteiger partial charge in [0.15, 0.2) is 0 Å². The number of halogens is 1. The van der Waals surface area contributed by atoms with Gasteiger partial charge in [0.25, 0.3) is 5.91 Å². The molecule has 138 valence electrons. The van der Waals surface area contributed by atoms with Gasteiger partial charge in [0.05, 0.1) is 17.1 Å². The lowest BCUT2D eigenvalue weighted by Crippen LogP contribution is -2.41. The number of para-hydroxylation sites is 1. The molecular weight excluding hydrogens is 362 g/mol. The van der Waals surface area contributed by atoms with Crippen LogP contribution in [0, 0.1) is 0 Å². The Labute approximate surface area is 162 Å². The average Bonchev–Trinajstić information content (AvgIpc) is 2.64. The minimum Gasteiger partial charge on any atom is -0.366 e. The number of hydrogen-bond donors (Lipinski definition) is 2. The Morgan fingerprint density at radius 1 is 1.19 bits per heavy atom. The number of nitrogens with one attached hydrogen (secondary N) is 1.